The van der Waals surface area contributed by atoms with Gasteiger partial charge < -0.3 is 9.73 Å². The largest absolute Gasteiger partial charge is 0.453 e. The van der Waals surface area contributed by atoms with Crippen molar-refractivity contribution < 1.29 is 4.42 Å². The van der Waals surface area contributed by atoms with Crippen molar-refractivity contribution >= 4 is 15.9 Å². The van der Waals surface area contributed by atoms with E-state index in [1.807, 2.05) is 38.5 Å². The quantitative estimate of drug-likeness (QED) is 0.936. The highest BCUT2D eigenvalue weighted by molar-refractivity contribution is 9.10. The monoisotopic (exact) mass is 283 g/mol. The Morgan fingerprint density at radius 3 is 2.81 bits per heavy atom. The van der Waals surface area contributed by atoms with Crippen molar-refractivity contribution in [3.8, 4) is 0 Å². The van der Waals surface area contributed by atoms with Gasteiger partial charge in [-0.2, -0.15) is 5.10 Å². The summed E-state index contributed by atoms with van der Waals surface area (Å²) in [4.78, 5) is 0. The highest BCUT2D eigenvalue weighted by atomic mass is 79.9. The van der Waals surface area contributed by atoms with E-state index in [0.717, 1.165) is 22.5 Å². The molecule has 0 aliphatic carbocycles. The van der Waals surface area contributed by atoms with Gasteiger partial charge in [-0.1, -0.05) is 0 Å². The Balaban J connectivity index is 2.12. The average molecular weight is 284 g/mol. The lowest BCUT2D eigenvalue weighted by Crippen LogP contribution is -2.18. The maximum atomic E-state index is 5.54. The predicted molar refractivity (Wildman–Crippen MR) is 65.1 cm³/mol. The number of aromatic nitrogens is 2. The first-order valence-corrected chi connectivity index (χ1v) is 5.89. The SMILES string of the molecule is CNC(Cc1ccn(C)n1)c1ccc(Br)o1. The van der Waals surface area contributed by atoms with Gasteiger partial charge in [0.1, 0.15) is 5.76 Å². The molecule has 16 heavy (non-hydrogen) atoms. The van der Waals surface area contributed by atoms with E-state index in [2.05, 4.69) is 26.3 Å². The molecule has 0 saturated heterocycles. The molecule has 1 atom stereocenters. The molecule has 1 unspecified atom stereocenters. The molecule has 1 N–H and O–H groups in total. The number of rotatable bonds is 4. The summed E-state index contributed by atoms with van der Waals surface area (Å²) in [5.41, 5.74) is 1.05. The Bertz CT molecular complexity index is 463. The Hall–Kier alpha value is -1.07. The lowest BCUT2D eigenvalue weighted by Gasteiger charge is -2.11. The van der Waals surface area contributed by atoms with Crippen LogP contribution in [0.3, 0.4) is 0 Å². The summed E-state index contributed by atoms with van der Waals surface area (Å²) < 4.78 is 8.09. The maximum absolute atomic E-state index is 5.54. The van der Waals surface area contributed by atoms with E-state index in [-0.39, 0.29) is 6.04 Å². The van der Waals surface area contributed by atoms with E-state index in [9.17, 15) is 0 Å². The maximum Gasteiger partial charge on any atom is 0.169 e. The van der Waals surface area contributed by atoms with Crippen molar-refractivity contribution in [1.29, 1.82) is 0 Å². The molecule has 0 fully saturated rings. The van der Waals surface area contributed by atoms with E-state index >= 15 is 0 Å². The van der Waals surface area contributed by atoms with E-state index in [4.69, 9.17) is 4.42 Å². The summed E-state index contributed by atoms with van der Waals surface area (Å²) in [5.74, 6) is 0.917. The third-order valence-corrected chi connectivity index (χ3v) is 2.89. The third kappa shape index (κ3) is 2.54. The highest BCUT2D eigenvalue weighted by Crippen LogP contribution is 2.22. The molecule has 0 saturated carbocycles. The second kappa shape index (κ2) is 4.84. The Morgan fingerprint density at radius 1 is 1.50 bits per heavy atom. The minimum Gasteiger partial charge on any atom is -0.453 e. The summed E-state index contributed by atoms with van der Waals surface area (Å²) in [5, 5.41) is 7.58. The van der Waals surface area contributed by atoms with Crippen molar-refractivity contribution in [1.82, 2.24) is 15.1 Å². The highest BCUT2D eigenvalue weighted by Gasteiger charge is 2.15. The fourth-order valence-corrected chi connectivity index (χ4v) is 1.96. The minimum atomic E-state index is 0.154. The minimum absolute atomic E-state index is 0.154. The molecule has 5 heteroatoms. The van der Waals surface area contributed by atoms with Crippen molar-refractivity contribution in [2.45, 2.75) is 12.5 Å². The predicted octanol–water partition coefficient (Wildman–Crippen LogP) is 2.28. The van der Waals surface area contributed by atoms with Crippen LogP contribution in [0.4, 0.5) is 0 Å². The molecular formula is C11H14BrN3O. The average Bonchev–Trinajstić information content (AvgIpc) is 2.84. The van der Waals surface area contributed by atoms with Crippen LogP contribution in [0.5, 0.6) is 0 Å². The van der Waals surface area contributed by atoms with Crippen molar-refractivity contribution in [2.24, 2.45) is 7.05 Å². The van der Waals surface area contributed by atoms with Crippen molar-refractivity contribution in [3.05, 3.63) is 40.5 Å². The molecule has 0 aliphatic rings. The fourth-order valence-electron chi connectivity index (χ4n) is 1.64. The number of furan rings is 1. The summed E-state index contributed by atoms with van der Waals surface area (Å²) in [6.45, 7) is 0. The van der Waals surface area contributed by atoms with Gasteiger partial charge in [0.15, 0.2) is 4.67 Å². The molecule has 2 aromatic rings. The van der Waals surface area contributed by atoms with Crippen LogP contribution in [0, 0.1) is 0 Å². The van der Waals surface area contributed by atoms with Gasteiger partial charge in [0.2, 0.25) is 0 Å². The molecule has 0 amide bonds. The molecular weight excluding hydrogens is 270 g/mol. The normalized spacial score (nSPS) is 12.9. The first-order valence-electron chi connectivity index (χ1n) is 5.10. The van der Waals surface area contributed by atoms with E-state index in [0.29, 0.717) is 0 Å². The van der Waals surface area contributed by atoms with E-state index in [1.54, 1.807) is 4.68 Å². The fraction of sp³-hybridized carbons (Fsp3) is 0.364. The number of aryl methyl sites for hydroxylation is 1. The third-order valence-electron chi connectivity index (χ3n) is 2.47. The molecule has 2 aromatic heterocycles. The zero-order valence-electron chi connectivity index (χ0n) is 9.27. The van der Waals surface area contributed by atoms with Crippen LogP contribution in [0.25, 0.3) is 0 Å². The summed E-state index contributed by atoms with van der Waals surface area (Å²) in [6.07, 6.45) is 2.76. The standard InChI is InChI=1S/C11H14BrN3O/c1-13-9(10-3-4-11(12)16-10)7-8-5-6-15(2)14-8/h3-6,9,13H,7H2,1-2H3. The molecule has 2 rings (SSSR count). The first kappa shape index (κ1) is 11.4. The number of nitrogens with one attached hydrogen (secondary N) is 1. The van der Waals surface area contributed by atoms with Gasteiger partial charge in [-0.05, 0) is 41.2 Å². The van der Waals surface area contributed by atoms with Crippen LogP contribution in [0.1, 0.15) is 17.5 Å². The Kier molecular flexibility index (Phi) is 3.46. The summed E-state index contributed by atoms with van der Waals surface area (Å²) >= 11 is 3.30. The number of nitrogens with zero attached hydrogens (tertiary/aromatic N) is 2. The van der Waals surface area contributed by atoms with Gasteiger partial charge >= 0.3 is 0 Å². The summed E-state index contributed by atoms with van der Waals surface area (Å²) in [7, 11) is 3.84. The van der Waals surface area contributed by atoms with Crippen LogP contribution in [-0.4, -0.2) is 16.8 Å². The van der Waals surface area contributed by atoms with Crippen LogP contribution in [0.15, 0.2) is 33.5 Å². The molecule has 0 aromatic carbocycles. The van der Waals surface area contributed by atoms with Crippen LogP contribution >= 0.6 is 15.9 Å². The molecule has 86 valence electrons. The number of halogens is 1. The van der Waals surface area contributed by atoms with E-state index < -0.39 is 0 Å². The van der Waals surface area contributed by atoms with Crippen LogP contribution < -0.4 is 5.32 Å². The topological polar surface area (TPSA) is 43.0 Å². The molecule has 0 radical (unpaired) electrons. The van der Waals surface area contributed by atoms with Crippen molar-refractivity contribution in [3.63, 3.8) is 0 Å². The van der Waals surface area contributed by atoms with Crippen LogP contribution in [0.2, 0.25) is 0 Å². The smallest absolute Gasteiger partial charge is 0.169 e. The van der Waals surface area contributed by atoms with Gasteiger partial charge in [0.05, 0.1) is 11.7 Å². The number of hydrogen-bond acceptors (Lipinski definition) is 3. The lowest BCUT2D eigenvalue weighted by molar-refractivity contribution is 0.414. The molecule has 0 spiro atoms. The molecule has 0 aliphatic heterocycles. The van der Waals surface area contributed by atoms with Crippen LogP contribution in [-0.2, 0) is 13.5 Å². The second-order valence-electron chi connectivity index (χ2n) is 3.67. The molecule has 4 nitrogen and oxygen atoms in total. The Morgan fingerprint density at radius 2 is 2.31 bits per heavy atom. The number of hydrogen-bond donors (Lipinski definition) is 1. The Labute approximate surface area is 103 Å². The zero-order chi connectivity index (χ0) is 11.5. The van der Waals surface area contributed by atoms with Gasteiger partial charge in [-0.15, -0.1) is 0 Å². The molecule has 2 heterocycles. The lowest BCUT2D eigenvalue weighted by atomic mass is 10.1. The van der Waals surface area contributed by atoms with Crippen molar-refractivity contribution in [2.75, 3.05) is 7.05 Å². The number of likely N-dealkylation sites (N-methyl/N-ethyl adjacent to an activating group) is 1. The summed E-state index contributed by atoms with van der Waals surface area (Å²) in [6, 6.07) is 6.04. The van der Waals surface area contributed by atoms with Gasteiger partial charge in [-0.25, -0.2) is 0 Å². The zero-order valence-corrected chi connectivity index (χ0v) is 10.9. The molecule has 0 bridgehead atoms. The van der Waals surface area contributed by atoms with Gasteiger partial charge in [0, 0.05) is 19.7 Å². The van der Waals surface area contributed by atoms with Gasteiger partial charge in [-0.3, -0.25) is 4.68 Å². The second-order valence-corrected chi connectivity index (χ2v) is 4.45. The van der Waals surface area contributed by atoms with Gasteiger partial charge in [0.25, 0.3) is 0 Å². The van der Waals surface area contributed by atoms with E-state index in [1.165, 1.54) is 0 Å². The first-order chi connectivity index (χ1) is 7.69.